The number of nitrogens with zero attached hydrogens (tertiary/aromatic N) is 3. The van der Waals surface area contributed by atoms with Gasteiger partial charge in [-0.1, -0.05) is 30.3 Å². The van der Waals surface area contributed by atoms with Gasteiger partial charge in [-0.2, -0.15) is 5.10 Å². The average molecular weight is 306 g/mol. The lowest BCUT2D eigenvalue weighted by atomic mass is 10.1. The molecule has 1 fully saturated rings. The Kier molecular flexibility index (Phi) is 3.54. The molecule has 1 N–H and O–H groups in total. The number of nitrogens with one attached hydrogen (secondary N) is 1. The number of hydrogen-bond donors (Lipinski definition) is 1. The molecule has 5 nitrogen and oxygen atoms in total. The van der Waals surface area contributed by atoms with Crippen LogP contribution in [0.15, 0.2) is 54.9 Å². The summed E-state index contributed by atoms with van der Waals surface area (Å²) in [6, 6.07) is 14.1. The molecule has 3 aromatic rings. The van der Waals surface area contributed by atoms with E-state index in [4.69, 9.17) is 0 Å². The minimum Gasteiger partial charge on any atom is -0.311 e. The zero-order valence-electron chi connectivity index (χ0n) is 12.7. The third kappa shape index (κ3) is 3.23. The van der Waals surface area contributed by atoms with E-state index in [1.807, 2.05) is 12.1 Å². The molecule has 1 amide bonds. The summed E-state index contributed by atoms with van der Waals surface area (Å²) in [7, 11) is 0. The highest BCUT2D eigenvalue weighted by atomic mass is 16.1. The van der Waals surface area contributed by atoms with Crippen LogP contribution in [0.5, 0.6) is 0 Å². The van der Waals surface area contributed by atoms with Gasteiger partial charge in [-0.25, -0.2) is 9.50 Å². The Morgan fingerprint density at radius 1 is 1.17 bits per heavy atom. The molecule has 0 aliphatic heterocycles. The first-order valence-corrected chi connectivity index (χ1v) is 7.92. The third-order valence-electron chi connectivity index (χ3n) is 4.38. The van der Waals surface area contributed by atoms with Crippen LogP contribution in [0.25, 0.3) is 5.65 Å². The van der Waals surface area contributed by atoms with Crippen LogP contribution in [0, 0.1) is 11.8 Å². The maximum atomic E-state index is 12.2. The van der Waals surface area contributed by atoms with Gasteiger partial charge < -0.3 is 5.32 Å². The smallest absolute Gasteiger partial charge is 0.225 e. The number of carbonyl (C=O) groups is 1. The molecule has 5 heteroatoms. The number of aromatic nitrogens is 3. The van der Waals surface area contributed by atoms with Gasteiger partial charge >= 0.3 is 0 Å². The Hall–Kier alpha value is -2.69. The van der Waals surface area contributed by atoms with Crippen LogP contribution in [0.2, 0.25) is 0 Å². The number of carbonyl (C=O) groups excluding carboxylic acids is 1. The van der Waals surface area contributed by atoms with Crippen LogP contribution in [-0.4, -0.2) is 20.5 Å². The molecule has 1 aliphatic carbocycles. The van der Waals surface area contributed by atoms with E-state index in [1.165, 1.54) is 5.56 Å². The first-order valence-electron chi connectivity index (χ1n) is 7.92. The molecule has 23 heavy (non-hydrogen) atoms. The molecule has 1 aliphatic rings. The first-order chi connectivity index (χ1) is 11.3. The maximum absolute atomic E-state index is 12.2. The number of rotatable bonds is 5. The van der Waals surface area contributed by atoms with Crippen LogP contribution in [0.1, 0.15) is 18.4 Å². The second kappa shape index (κ2) is 5.83. The summed E-state index contributed by atoms with van der Waals surface area (Å²) in [4.78, 5) is 16.5. The van der Waals surface area contributed by atoms with E-state index in [1.54, 1.807) is 23.0 Å². The minimum atomic E-state index is 0.0435. The Morgan fingerprint density at radius 2 is 2.04 bits per heavy atom. The zero-order chi connectivity index (χ0) is 15.6. The highest BCUT2D eigenvalue weighted by molar-refractivity contribution is 5.90. The number of hydrogen-bond acceptors (Lipinski definition) is 3. The Morgan fingerprint density at radius 3 is 2.91 bits per heavy atom. The molecular weight excluding hydrogens is 288 g/mol. The minimum absolute atomic E-state index is 0.0435. The van der Waals surface area contributed by atoms with Crippen molar-refractivity contribution in [1.29, 1.82) is 0 Å². The lowest BCUT2D eigenvalue weighted by Crippen LogP contribution is -2.14. The zero-order valence-corrected chi connectivity index (χ0v) is 12.7. The van der Waals surface area contributed by atoms with Crippen molar-refractivity contribution in [2.75, 3.05) is 5.32 Å². The molecule has 0 unspecified atom stereocenters. The number of fused-ring (bicyclic) bond motifs is 1. The fraction of sp³-hybridized carbons (Fsp3) is 0.278. The topological polar surface area (TPSA) is 59.3 Å². The van der Waals surface area contributed by atoms with Crippen LogP contribution in [-0.2, 0) is 11.2 Å². The molecule has 4 rings (SSSR count). The normalized spacial score (nSPS) is 19.7. The predicted molar refractivity (Wildman–Crippen MR) is 88.0 cm³/mol. The molecule has 2 heterocycles. The van der Waals surface area contributed by atoms with E-state index in [0.717, 1.165) is 18.5 Å². The summed E-state index contributed by atoms with van der Waals surface area (Å²) in [6.07, 6.45) is 6.26. The van der Waals surface area contributed by atoms with Gasteiger partial charge in [0.05, 0.1) is 6.20 Å². The number of anilines is 1. The summed E-state index contributed by atoms with van der Waals surface area (Å²) in [5.74, 6) is 1.76. The van der Waals surface area contributed by atoms with Crippen LogP contribution in [0.4, 0.5) is 5.82 Å². The molecule has 2 atom stereocenters. The van der Waals surface area contributed by atoms with Gasteiger partial charge in [-0.3, -0.25) is 4.79 Å². The lowest BCUT2D eigenvalue weighted by Gasteiger charge is -2.05. The van der Waals surface area contributed by atoms with E-state index < -0.39 is 0 Å². The van der Waals surface area contributed by atoms with E-state index in [2.05, 4.69) is 39.7 Å². The first kappa shape index (κ1) is 13.9. The van der Waals surface area contributed by atoms with Gasteiger partial charge in [0.15, 0.2) is 5.65 Å². The van der Waals surface area contributed by atoms with Crippen molar-refractivity contribution in [2.45, 2.75) is 19.3 Å². The van der Waals surface area contributed by atoms with Crippen LogP contribution >= 0.6 is 0 Å². The molecule has 1 saturated carbocycles. The molecule has 0 radical (unpaired) electrons. The maximum Gasteiger partial charge on any atom is 0.225 e. The molecule has 0 bridgehead atoms. The van der Waals surface area contributed by atoms with Crippen molar-refractivity contribution in [1.82, 2.24) is 14.6 Å². The highest BCUT2D eigenvalue weighted by Crippen LogP contribution is 2.43. The van der Waals surface area contributed by atoms with Crippen LogP contribution in [0.3, 0.4) is 0 Å². The summed E-state index contributed by atoms with van der Waals surface area (Å²) in [5, 5.41) is 6.98. The number of benzene rings is 1. The average Bonchev–Trinajstić information content (AvgIpc) is 3.09. The van der Waals surface area contributed by atoms with Gasteiger partial charge in [0.25, 0.3) is 0 Å². The lowest BCUT2D eigenvalue weighted by molar-refractivity contribution is -0.116. The van der Waals surface area contributed by atoms with E-state index >= 15 is 0 Å². The molecule has 0 saturated heterocycles. The van der Waals surface area contributed by atoms with Gasteiger partial charge in [-0.05, 0) is 36.3 Å². The van der Waals surface area contributed by atoms with Crippen molar-refractivity contribution in [3.05, 3.63) is 60.4 Å². The quantitative estimate of drug-likeness (QED) is 0.788. The van der Waals surface area contributed by atoms with Gasteiger partial charge in [-0.15, -0.1) is 0 Å². The second-order valence-electron chi connectivity index (χ2n) is 6.14. The second-order valence-corrected chi connectivity index (χ2v) is 6.14. The third-order valence-corrected chi connectivity index (χ3v) is 4.38. The summed E-state index contributed by atoms with van der Waals surface area (Å²) < 4.78 is 1.67. The van der Waals surface area contributed by atoms with Gasteiger partial charge in [0, 0.05) is 18.7 Å². The summed E-state index contributed by atoms with van der Waals surface area (Å²) in [5.41, 5.74) is 2.09. The van der Waals surface area contributed by atoms with Crippen molar-refractivity contribution in [3.63, 3.8) is 0 Å². The standard InChI is InChI=1S/C18H18N4O/c23-18(21-16-7-9-22-17(20-16)6-8-19-22)12-15-11-14(15)10-13-4-2-1-3-5-13/h1-9,14-15H,10-12H2,(H,20,21,23)/t14-,15+/m1/s1. The molecule has 0 spiro atoms. The predicted octanol–water partition coefficient (Wildman–Crippen LogP) is 2.94. The summed E-state index contributed by atoms with van der Waals surface area (Å²) >= 11 is 0. The molecule has 1 aromatic carbocycles. The molecular formula is C18H18N4O. The van der Waals surface area contributed by atoms with Crippen molar-refractivity contribution >= 4 is 17.4 Å². The fourth-order valence-electron chi connectivity index (χ4n) is 3.04. The Balaban J connectivity index is 1.31. The van der Waals surface area contributed by atoms with Crippen LogP contribution < -0.4 is 5.32 Å². The Labute approximate surface area is 134 Å². The van der Waals surface area contributed by atoms with Crippen molar-refractivity contribution in [3.8, 4) is 0 Å². The van der Waals surface area contributed by atoms with E-state index in [0.29, 0.717) is 24.1 Å². The van der Waals surface area contributed by atoms with Gasteiger partial charge in [0.1, 0.15) is 5.82 Å². The molecule has 2 aromatic heterocycles. The van der Waals surface area contributed by atoms with E-state index in [9.17, 15) is 4.79 Å². The van der Waals surface area contributed by atoms with E-state index in [-0.39, 0.29) is 5.91 Å². The fourth-order valence-corrected chi connectivity index (χ4v) is 3.04. The number of amides is 1. The largest absolute Gasteiger partial charge is 0.311 e. The summed E-state index contributed by atoms with van der Waals surface area (Å²) in [6.45, 7) is 0. The SMILES string of the molecule is O=C(C[C@@H]1C[C@H]1Cc1ccccc1)Nc1ccn2nccc2n1. The van der Waals surface area contributed by atoms with Crippen molar-refractivity contribution < 1.29 is 4.79 Å². The molecule has 116 valence electrons. The highest BCUT2D eigenvalue weighted by Gasteiger charge is 2.38. The Bertz CT molecular complexity index is 827. The van der Waals surface area contributed by atoms with Crippen molar-refractivity contribution in [2.24, 2.45) is 11.8 Å². The van der Waals surface area contributed by atoms with Gasteiger partial charge in [0.2, 0.25) is 5.91 Å². The monoisotopic (exact) mass is 306 g/mol.